The molecule has 1 saturated carbocycles. The van der Waals surface area contributed by atoms with Crippen LogP contribution in [-0.2, 0) is 9.53 Å². The molecule has 2 saturated heterocycles. The molecule has 32 nitrogen and oxygen atoms in total. The van der Waals surface area contributed by atoms with Gasteiger partial charge in [-0.15, -0.1) is 0 Å². The van der Waals surface area contributed by atoms with Gasteiger partial charge >= 0.3 is 6.03 Å². The van der Waals surface area contributed by atoms with Crippen LogP contribution in [-0.4, -0.2) is 175 Å². The van der Waals surface area contributed by atoms with Crippen molar-refractivity contribution in [2.75, 3.05) is 95.2 Å². The fourth-order valence-electron chi connectivity index (χ4n) is 14.0. The lowest BCUT2D eigenvalue weighted by Crippen LogP contribution is -2.36. The molecule has 0 spiro atoms. The molecule has 19 rings (SSSR count). The maximum Gasteiger partial charge on any atom is 0.321 e. The summed E-state index contributed by atoms with van der Waals surface area (Å²) in [6, 6.07) is 45.6. The predicted octanol–water partition coefficient (Wildman–Crippen LogP) is 15.6. The highest BCUT2D eigenvalue weighted by atomic mass is 16.5. The number of benzene rings is 4. The highest BCUT2D eigenvalue weighted by molar-refractivity contribution is 6.15. The number of nitrogens with one attached hydrogen (secondary N) is 10. The topological polar surface area (TPSA) is 411 Å². The maximum atomic E-state index is 12.8. The molecular formula is C92H87N25O7. The number of amides is 7. The van der Waals surface area contributed by atoms with Crippen LogP contribution in [0.5, 0.6) is 0 Å². The first-order valence-electron chi connectivity index (χ1n) is 40.4. The zero-order chi connectivity index (χ0) is 85.7. The van der Waals surface area contributed by atoms with Crippen LogP contribution >= 0.6 is 0 Å². The highest BCUT2D eigenvalue weighted by Crippen LogP contribution is 2.35. The quantitative estimate of drug-likeness (QED) is 0.0405. The molecule has 3 fully saturated rings. The zero-order valence-electron chi connectivity index (χ0n) is 68.7. The van der Waals surface area contributed by atoms with Gasteiger partial charge in [0.15, 0.2) is 22.8 Å². The Balaban J connectivity index is 0.000000122. The maximum absolute atomic E-state index is 12.8. The number of hydrogen-bond acceptors (Lipinski definition) is 21. The van der Waals surface area contributed by atoms with Crippen molar-refractivity contribution in [1.82, 2.24) is 85.6 Å². The molecule has 0 bridgehead atoms. The number of aromatic amines is 4. The van der Waals surface area contributed by atoms with E-state index in [-0.39, 0.29) is 47.2 Å². The van der Waals surface area contributed by atoms with E-state index in [2.05, 4.69) is 134 Å². The molecule has 622 valence electrons. The molecule has 3 aliphatic rings. The van der Waals surface area contributed by atoms with E-state index in [1.165, 1.54) is 24.2 Å². The molecule has 1 aliphatic carbocycles. The number of anilines is 8. The summed E-state index contributed by atoms with van der Waals surface area (Å²) >= 11 is 0. The van der Waals surface area contributed by atoms with Crippen molar-refractivity contribution in [3.05, 3.63) is 266 Å². The number of aromatic nitrogens is 16. The number of urea groups is 1. The monoisotopic (exact) mass is 1650 g/mol. The number of fused-ring (bicyclic) bond motifs is 4. The first kappa shape index (κ1) is 81.9. The van der Waals surface area contributed by atoms with Gasteiger partial charge in [0.05, 0.1) is 130 Å². The predicted molar refractivity (Wildman–Crippen MR) is 478 cm³/mol. The van der Waals surface area contributed by atoms with Crippen molar-refractivity contribution in [1.29, 1.82) is 0 Å². The first-order chi connectivity index (χ1) is 60.3. The molecule has 0 radical (unpaired) electrons. The summed E-state index contributed by atoms with van der Waals surface area (Å²) in [5.74, 6) is -1.05. The van der Waals surface area contributed by atoms with Gasteiger partial charge < -0.3 is 51.3 Å². The van der Waals surface area contributed by atoms with E-state index in [1.54, 1.807) is 75.8 Å². The van der Waals surface area contributed by atoms with Gasteiger partial charge in [-0.25, -0.2) is 4.79 Å². The molecule has 16 aromatic rings. The van der Waals surface area contributed by atoms with Crippen molar-refractivity contribution < 1.29 is 33.5 Å². The average molecular weight is 1650 g/mol. The number of pyridine rings is 8. The van der Waals surface area contributed by atoms with Crippen LogP contribution in [0.15, 0.2) is 220 Å². The van der Waals surface area contributed by atoms with Crippen LogP contribution in [0.1, 0.15) is 96.8 Å². The van der Waals surface area contributed by atoms with Crippen LogP contribution in [0.4, 0.5) is 50.3 Å². The Hall–Kier alpha value is -15.9. The Kier molecular flexibility index (Phi) is 24.6. The molecule has 7 amide bonds. The Morgan fingerprint density at radius 3 is 0.984 bits per heavy atom. The third-order valence-electron chi connectivity index (χ3n) is 21.0. The first-order valence-corrected chi connectivity index (χ1v) is 40.4. The molecular weight excluding hydrogens is 1570 g/mol. The third kappa shape index (κ3) is 19.8. The second-order valence-electron chi connectivity index (χ2n) is 30.4. The van der Waals surface area contributed by atoms with Crippen LogP contribution in [0, 0.1) is 33.6 Å². The minimum absolute atomic E-state index is 0.0359. The van der Waals surface area contributed by atoms with E-state index in [9.17, 15) is 28.8 Å². The minimum Gasteiger partial charge on any atom is -0.378 e. The van der Waals surface area contributed by atoms with Crippen molar-refractivity contribution in [2.45, 2.75) is 59.8 Å². The molecule has 0 unspecified atom stereocenters. The van der Waals surface area contributed by atoms with Gasteiger partial charge in [-0.05, 0) is 203 Å². The van der Waals surface area contributed by atoms with E-state index in [4.69, 9.17) is 4.74 Å². The Morgan fingerprint density at radius 1 is 0.339 bits per heavy atom. The molecule has 32 heteroatoms. The van der Waals surface area contributed by atoms with Gasteiger partial charge in [0, 0.05) is 138 Å². The average Bonchev–Trinajstić information content (AvgIpc) is 1.62. The number of carbonyl (C=O) groups excluding carboxylic acids is 6. The van der Waals surface area contributed by atoms with E-state index >= 15 is 0 Å². The lowest BCUT2D eigenvalue weighted by Gasteiger charge is -2.28. The van der Waals surface area contributed by atoms with Gasteiger partial charge in [-0.1, -0.05) is 24.3 Å². The SMILES string of the molecule is Cc1ccc(NC(=O)c2n[nH]c3ccc(-c4cncc(N5CCCCC5)c4)cc23)cn1.Cc1ccc(NC(=O)c2n[nH]c3ccc(-c4cncc(N5CCOCC5)c4)cc23)cn1.Cc1ccc(NC(=O)c2n[nH]c3ccc(-c4cncc(NC(=O)C5CC5)c4)cc23)cn1.Cc1ccc(NC(=O)c2n[nH]c3ccc(-c4cncc(NC(=O)N(C)C)c4)cc23)cn1. The van der Waals surface area contributed by atoms with Crippen LogP contribution < -0.4 is 41.7 Å². The van der Waals surface area contributed by atoms with Gasteiger partial charge in [-0.2, -0.15) is 20.4 Å². The van der Waals surface area contributed by atoms with Crippen molar-refractivity contribution in [3.63, 3.8) is 0 Å². The number of piperidine rings is 1. The molecule has 14 heterocycles. The summed E-state index contributed by atoms with van der Waals surface area (Å²) in [5.41, 5.74) is 21.2. The summed E-state index contributed by atoms with van der Waals surface area (Å²) in [4.78, 5) is 116. The van der Waals surface area contributed by atoms with Gasteiger partial charge in [0.2, 0.25) is 5.91 Å². The van der Waals surface area contributed by atoms with Crippen LogP contribution in [0.3, 0.4) is 0 Å². The Bertz CT molecular complexity index is 6200. The molecule has 10 N–H and O–H groups in total. The van der Waals surface area contributed by atoms with Crippen LogP contribution in [0.2, 0.25) is 0 Å². The standard InChI is InChI=1S/C24H24N6O.C23H20N6O2.C23H22N6O2.C22H21N7O2/c1-16-5-7-19(14-26-16)27-24(31)23-21-12-17(6-8-22(21)28-29-23)18-11-20(15-25-13-18)30-9-3-2-4-10-30;1-13-2-6-17(12-25-13)26-23(31)21-19-9-15(5-7-20(19)28-29-21)16-8-18(11-24-10-16)27-22(30)14-3-4-14;1-15-2-4-18(13-25-15)26-23(30)22-20-11-16(3-5-21(20)27-28-22)17-10-19(14-24-12-17)29-6-8-31-9-7-29;1-13-4-6-16(12-24-13)25-21(30)20-18-9-14(5-7-19(18)27-28-20)15-8-17(11-23-10-15)26-22(31)29(2)3/h5-8,11-15H,2-4,9-10H2,1H3,(H,27,31)(H,28,29);2,5-12,14H,3-4H2,1H3,(H,26,31)(H,27,30)(H,28,29);2-5,10-14H,6-9H2,1H3,(H,26,30)(H,27,28);4-12H,1-3H3,(H,25,30)(H,26,31)(H,27,28). The fourth-order valence-corrected chi connectivity index (χ4v) is 14.0. The number of aryl methyl sites for hydroxylation is 4. The Morgan fingerprint density at radius 2 is 0.661 bits per heavy atom. The largest absolute Gasteiger partial charge is 0.378 e. The molecule has 12 aromatic heterocycles. The van der Waals surface area contributed by atoms with Gasteiger partial charge in [-0.3, -0.25) is 84.2 Å². The van der Waals surface area contributed by atoms with E-state index in [0.29, 0.717) is 62.0 Å². The molecule has 4 aromatic carbocycles. The molecule has 0 atom stereocenters. The summed E-state index contributed by atoms with van der Waals surface area (Å²) in [5, 5.41) is 48.5. The number of H-pyrrole nitrogens is 4. The number of morpholine rings is 1. The van der Waals surface area contributed by atoms with Crippen molar-refractivity contribution in [2.24, 2.45) is 5.92 Å². The fraction of sp³-hybridized carbons (Fsp3) is 0.196. The smallest absolute Gasteiger partial charge is 0.321 e. The van der Waals surface area contributed by atoms with Gasteiger partial charge in [0.1, 0.15) is 0 Å². The zero-order valence-corrected chi connectivity index (χ0v) is 68.7. The van der Waals surface area contributed by atoms with Crippen molar-refractivity contribution in [3.8, 4) is 44.5 Å². The number of rotatable bonds is 17. The van der Waals surface area contributed by atoms with E-state index in [1.807, 2.05) is 174 Å². The number of ether oxygens (including phenoxy) is 1. The summed E-state index contributed by atoms with van der Waals surface area (Å²) in [7, 11) is 3.33. The lowest BCUT2D eigenvalue weighted by molar-refractivity contribution is -0.117. The Labute approximate surface area is 711 Å². The van der Waals surface area contributed by atoms with E-state index in [0.717, 1.165) is 164 Å². The van der Waals surface area contributed by atoms with E-state index < -0.39 is 0 Å². The second-order valence-corrected chi connectivity index (χ2v) is 30.4. The van der Waals surface area contributed by atoms with Gasteiger partial charge in [0.25, 0.3) is 23.6 Å². The number of hydrogen-bond donors (Lipinski definition) is 10. The summed E-state index contributed by atoms with van der Waals surface area (Å²) < 4.78 is 5.45. The van der Waals surface area contributed by atoms with Crippen molar-refractivity contribution >= 4 is 125 Å². The summed E-state index contributed by atoms with van der Waals surface area (Å²) in [6.07, 6.45) is 26.3. The molecule has 2 aliphatic heterocycles. The van der Waals surface area contributed by atoms with Crippen LogP contribution in [0.25, 0.3) is 88.1 Å². The second kappa shape index (κ2) is 37.2. The summed E-state index contributed by atoms with van der Waals surface area (Å²) in [6.45, 7) is 12.9. The number of nitrogens with zero attached hydrogens (tertiary/aromatic N) is 15. The molecule has 124 heavy (non-hydrogen) atoms. The lowest BCUT2D eigenvalue weighted by atomic mass is 10.0. The number of carbonyl (C=O) groups is 6. The third-order valence-corrected chi connectivity index (χ3v) is 21.0. The minimum atomic E-state index is -0.334. The normalized spacial score (nSPS) is 13.0. The highest BCUT2D eigenvalue weighted by Gasteiger charge is 2.30.